The van der Waals surface area contributed by atoms with Gasteiger partial charge in [-0.3, -0.25) is 14.7 Å². The minimum atomic E-state index is -4.16. The Balaban J connectivity index is 0. The molecule has 9 heteroatoms. The minimum Gasteiger partial charge on any atom is -1.00 e. The quantitative estimate of drug-likeness (QED) is 0.236. The third-order valence-corrected chi connectivity index (χ3v) is 3.13. The van der Waals surface area contributed by atoms with E-state index in [2.05, 4.69) is 0 Å². The first-order valence-corrected chi connectivity index (χ1v) is 6.07. The molecule has 0 unspecified atom stereocenters. The summed E-state index contributed by atoms with van der Waals surface area (Å²) in [6, 6.07) is 4.81. The van der Waals surface area contributed by atoms with Crippen LogP contribution in [-0.4, -0.2) is 17.9 Å². The molecule has 15 heavy (non-hydrogen) atoms. The molecule has 1 rings (SSSR count). The van der Waals surface area contributed by atoms with E-state index in [9.17, 15) is 18.5 Å². The van der Waals surface area contributed by atoms with Crippen molar-refractivity contribution in [1.29, 1.82) is 0 Å². The fraction of sp³-hybridized carbons (Fsp3) is 0. The van der Waals surface area contributed by atoms with Crippen molar-refractivity contribution in [2.24, 2.45) is 0 Å². The predicted molar refractivity (Wildman–Crippen MR) is 51.6 cm³/mol. The maximum Gasteiger partial charge on any atom is 1.00 e. The van der Waals surface area contributed by atoms with Crippen molar-refractivity contribution in [3.8, 4) is 0 Å². The van der Waals surface area contributed by atoms with Gasteiger partial charge in [-0.05, 0) is 12.1 Å². The monoisotopic (exact) mass is 259 g/mol. The summed E-state index contributed by atoms with van der Waals surface area (Å²) in [5.41, 5.74) is -0.135. The van der Waals surface area contributed by atoms with Crippen LogP contribution in [0.4, 0.5) is 5.69 Å². The van der Waals surface area contributed by atoms with Crippen LogP contribution in [0.15, 0.2) is 29.2 Å². The van der Waals surface area contributed by atoms with Crippen molar-refractivity contribution in [1.82, 2.24) is 0 Å². The van der Waals surface area contributed by atoms with Gasteiger partial charge in [0.25, 0.3) is 5.69 Å². The van der Waals surface area contributed by atoms with Crippen LogP contribution in [0.2, 0.25) is 0 Å². The summed E-state index contributed by atoms with van der Waals surface area (Å²) in [7, 11) is -3.94. The van der Waals surface area contributed by atoms with Crippen LogP contribution >= 0.6 is 10.8 Å². The molecule has 78 valence electrons. The second-order valence-electron chi connectivity index (χ2n) is 2.26. The van der Waals surface area contributed by atoms with Gasteiger partial charge in [-0.25, -0.2) is 0 Å². The third kappa shape index (κ3) is 5.50. The van der Waals surface area contributed by atoms with Gasteiger partial charge < -0.3 is 1.43 Å². The molecule has 0 aliphatic carbocycles. The van der Waals surface area contributed by atoms with Gasteiger partial charge in [-0.1, -0.05) is 0 Å². The van der Waals surface area contributed by atoms with Crippen molar-refractivity contribution >= 4 is 25.6 Å². The Bertz CT molecular complexity index is 448. The number of nitrogens with zero attached hydrogens (tertiary/aromatic N) is 1. The van der Waals surface area contributed by atoms with E-state index >= 15 is 0 Å². The van der Waals surface area contributed by atoms with Gasteiger partial charge >= 0.3 is 38.7 Å². The molecule has 1 aromatic rings. The number of rotatable bonds is 3. The Morgan fingerprint density at radius 3 is 2.13 bits per heavy atom. The molecule has 0 saturated carbocycles. The second kappa shape index (κ2) is 5.83. The topological polar surface area (TPSA) is 97.5 Å². The van der Waals surface area contributed by atoms with Crippen LogP contribution in [0.3, 0.4) is 0 Å². The normalized spacial score (nSPS) is 10.5. The van der Waals surface area contributed by atoms with Crippen molar-refractivity contribution in [3.63, 3.8) is 0 Å². The molecular weight excluding hydrogens is 253 g/mol. The molecule has 0 aliphatic rings. The molecule has 0 aromatic heterocycles. The Morgan fingerprint density at radius 2 is 1.80 bits per heavy atom. The number of benzene rings is 1. The number of hydrogen-bond acceptors (Lipinski definition) is 5. The van der Waals surface area contributed by atoms with Gasteiger partial charge in [0.2, 0.25) is 0 Å². The summed E-state index contributed by atoms with van der Waals surface area (Å²) in [5, 5.41) is 10.2. The van der Waals surface area contributed by atoms with Crippen LogP contribution in [0.25, 0.3) is 0 Å². The van der Waals surface area contributed by atoms with E-state index in [1.54, 1.807) is 0 Å². The molecule has 0 saturated heterocycles. The van der Waals surface area contributed by atoms with Crippen LogP contribution in [-0.2, 0) is 9.15 Å². The van der Waals surface area contributed by atoms with Crippen LogP contribution in [0.1, 0.15) is 1.43 Å². The molecule has 0 bridgehead atoms. The molecule has 1 N–H and O–H groups in total. The number of non-ortho nitro benzene ring substituents is 1. The van der Waals surface area contributed by atoms with Gasteiger partial charge in [-0.15, -0.1) is 0 Å². The average molecular weight is 259 g/mol. The first kappa shape index (κ1) is 14.9. The zero-order valence-corrected chi connectivity index (χ0v) is 11.3. The SMILES string of the molecule is O=[N+]([O-])c1ccc(SS(=O)(=O)O)cc1.[H-].[Na+]. The molecule has 6 nitrogen and oxygen atoms in total. The average Bonchev–Trinajstić information content (AvgIpc) is 2.02. The molecule has 0 fully saturated rings. The maximum atomic E-state index is 10.4. The maximum absolute atomic E-state index is 10.4. The molecular formula is C6H6NNaO5S2. The van der Waals surface area contributed by atoms with Crippen molar-refractivity contribution in [3.05, 3.63) is 34.4 Å². The van der Waals surface area contributed by atoms with E-state index in [1.165, 1.54) is 12.1 Å². The van der Waals surface area contributed by atoms with E-state index in [1.807, 2.05) is 0 Å². The van der Waals surface area contributed by atoms with Crippen LogP contribution in [0, 0.1) is 10.1 Å². The molecule has 0 aliphatic heterocycles. The van der Waals surface area contributed by atoms with E-state index < -0.39 is 14.1 Å². The number of nitro groups is 1. The molecule has 0 radical (unpaired) electrons. The van der Waals surface area contributed by atoms with Gasteiger partial charge in [0.15, 0.2) is 0 Å². The Morgan fingerprint density at radius 1 is 1.33 bits per heavy atom. The van der Waals surface area contributed by atoms with Gasteiger partial charge in [-0.2, -0.15) is 8.42 Å². The first-order chi connectivity index (χ1) is 6.38. The summed E-state index contributed by atoms with van der Waals surface area (Å²) in [6.07, 6.45) is 0. The Hall–Kier alpha value is -0.120. The van der Waals surface area contributed by atoms with E-state index in [0.717, 1.165) is 12.1 Å². The molecule has 1 aromatic carbocycles. The summed E-state index contributed by atoms with van der Waals surface area (Å²) in [6.45, 7) is 0. The summed E-state index contributed by atoms with van der Waals surface area (Å²) >= 11 is 0. The summed E-state index contributed by atoms with van der Waals surface area (Å²) in [5.74, 6) is 0. The van der Waals surface area contributed by atoms with E-state index in [-0.39, 0.29) is 52.4 Å². The van der Waals surface area contributed by atoms with Crippen molar-refractivity contribution < 1.29 is 48.9 Å². The standard InChI is InChI=1S/C6H5NO5S2.Na.H/c8-7(9)5-1-3-6(4-2-5)13-14(10,11)12;;/h1-4H,(H,10,11,12);;/q;+1;-1. The fourth-order valence-corrected chi connectivity index (χ4v) is 2.30. The van der Waals surface area contributed by atoms with Gasteiger partial charge in [0, 0.05) is 27.8 Å². The van der Waals surface area contributed by atoms with Crippen LogP contribution in [0.5, 0.6) is 0 Å². The Kier molecular flexibility index (Phi) is 5.78. The second-order valence-corrected chi connectivity index (χ2v) is 5.52. The largest absolute Gasteiger partial charge is 1.00 e. The van der Waals surface area contributed by atoms with Gasteiger partial charge in [0.1, 0.15) is 0 Å². The number of hydrogen-bond donors (Lipinski definition) is 1. The van der Waals surface area contributed by atoms with E-state index in [4.69, 9.17) is 4.55 Å². The predicted octanol–water partition coefficient (Wildman–Crippen LogP) is -1.39. The first-order valence-electron chi connectivity index (χ1n) is 3.30. The third-order valence-electron chi connectivity index (χ3n) is 1.25. The summed E-state index contributed by atoms with van der Waals surface area (Å²) in [4.78, 5) is 9.85. The molecule has 0 amide bonds. The zero-order chi connectivity index (χ0) is 10.8. The molecule has 0 atom stereocenters. The number of nitro benzene ring substituents is 1. The van der Waals surface area contributed by atoms with Crippen molar-refractivity contribution in [2.75, 3.05) is 0 Å². The van der Waals surface area contributed by atoms with Gasteiger partial charge in [0.05, 0.1) is 4.92 Å². The van der Waals surface area contributed by atoms with Crippen LogP contribution < -0.4 is 29.6 Å². The fourth-order valence-electron chi connectivity index (χ4n) is 0.745. The summed E-state index contributed by atoms with van der Waals surface area (Å²) < 4.78 is 29.3. The minimum absolute atomic E-state index is 0. The smallest absolute Gasteiger partial charge is 1.00 e. The molecule has 0 spiro atoms. The van der Waals surface area contributed by atoms with Crippen molar-refractivity contribution in [2.45, 2.75) is 4.90 Å². The Labute approximate surface area is 113 Å². The zero-order valence-electron chi connectivity index (χ0n) is 8.65. The molecule has 0 heterocycles. The van der Waals surface area contributed by atoms with E-state index in [0.29, 0.717) is 0 Å².